The Hall–Kier alpha value is -1.07. The van der Waals surface area contributed by atoms with Gasteiger partial charge in [-0.3, -0.25) is 9.69 Å². The van der Waals surface area contributed by atoms with E-state index in [1.165, 1.54) is 6.33 Å². The molecule has 90 valence electrons. The number of aryl methyl sites for hydroxylation is 1. The van der Waals surface area contributed by atoms with Crippen molar-refractivity contribution in [1.82, 2.24) is 14.5 Å². The normalized spacial score (nSPS) is 13.1. The van der Waals surface area contributed by atoms with Crippen molar-refractivity contribution in [1.29, 1.82) is 0 Å². The van der Waals surface area contributed by atoms with Gasteiger partial charge in [-0.1, -0.05) is 25.4 Å². The lowest BCUT2D eigenvalue weighted by Gasteiger charge is -2.26. The Bertz CT molecular complexity index is 355. The molecule has 16 heavy (non-hydrogen) atoms. The number of carbonyl (C=O) groups is 1. The number of halogens is 1. The molecule has 1 unspecified atom stereocenters. The van der Waals surface area contributed by atoms with Crippen LogP contribution in [0.15, 0.2) is 6.33 Å². The molecule has 0 aliphatic carbocycles. The molecule has 0 aromatic carbocycles. The Morgan fingerprint density at radius 1 is 1.62 bits per heavy atom. The first-order chi connectivity index (χ1) is 7.52. The average Bonchev–Trinajstić information content (AvgIpc) is 2.55. The number of carboxylic acid groups (broad SMARTS) is 1. The second kappa shape index (κ2) is 5.32. The van der Waals surface area contributed by atoms with Gasteiger partial charge in [0.05, 0.1) is 12.0 Å². The quantitative estimate of drug-likeness (QED) is 0.855. The second-order valence-corrected chi connectivity index (χ2v) is 3.85. The fourth-order valence-corrected chi connectivity index (χ4v) is 2.03. The van der Waals surface area contributed by atoms with Crippen LogP contribution in [0.5, 0.6) is 0 Å². The predicted molar refractivity (Wildman–Crippen MR) is 61.5 cm³/mol. The minimum absolute atomic E-state index is 0.252. The van der Waals surface area contributed by atoms with E-state index in [-0.39, 0.29) is 5.15 Å². The zero-order valence-corrected chi connectivity index (χ0v) is 10.4. The molecule has 1 aromatic heterocycles. The number of hydrogen-bond donors (Lipinski definition) is 1. The van der Waals surface area contributed by atoms with Crippen LogP contribution in [0.4, 0.5) is 0 Å². The van der Waals surface area contributed by atoms with Crippen molar-refractivity contribution < 1.29 is 9.90 Å². The van der Waals surface area contributed by atoms with Crippen LogP contribution in [-0.2, 0) is 11.8 Å². The van der Waals surface area contributed by atoms with Crippen molar-refractivity contribution in [3.8, 4) is 0 Å². The summed E-state index contributed by atoms with van der Waals surface area (Å²) in [4.78, 5) is 17.1. The third kappa shape index (κ3) is 2.36. The number of hydrogen-bond acceptors (Lipinski definition) is 3. The van der Waals surface area contributed by atoms with E-state index in [1.807, 2.05) is 18.7 Å². The first-order valence-corrected chi connectivity index (χ1v) is 5.54. The van der Waals surface area contributed by atoms with Gasteiger partial charge in [-0.05, 0) is 13.1 Å². The molecular weight excluding hydrogens is 230 g/mol. The van der Waals surface area contributed by atoms with Gasteiger partial charge in [0.2, 0.25) is 0 Å². The molecule has 0 radical (unpaired) electrons. The minimum Gasteiger partial charge on any atom is -0.480 e. The molecule has 1 heterocycles. The molecular formula is C10H16ClN3O2. The lowest BCUT2D eigenvalue weighted by atomic mass is 10.2. The molecule has 0 bridgehead atoms. The fraction of sp³-hybridized carbons (Fsp3) is 0.600. The van der Waals surface area contributed by atoms with Crippen molar-refractivity contribution in [3.05, 3.63) is 17.2 Å². The number of imidazole rings is 1. The van der Waals surface area contributed by atoms with Gasteiger partial charge in [0.1, 0.15) is 0 Å². The third-order valence-electron chi connectivity index (χ3n) is 2.61. The Morgan fingerprint density at radius 2 is 2.19 bits per heavy atom. The molecule has 6 heteroatoms. The molecule has 0 saturated carbocycles. The number of rotatable bonds is 5. The Balaban J connectivity index is 3.17. The van der Waals surface area contributed by atoms with Crippen molar-refractivity contribution >= 4 is 17.6 Å². The number of likely N-dealkylation sites (N-methyl/N-ethyl adjacent to an activating group) is 1. The third-order valence-corrected chi connectivity index (χ3v) is 2.90. The number of nitrogens with zero attached hydrogens (tertiary/aromatic N) is 3. The van der Waals surface area contributed by atoms with E-state index in [2.05, 4.69) is 4.98 Å². The van der Waals surface area contributed by atoms with E-state index >= 15 is 0 Å². The minimum atomic E-state index is -0.908. The smallest absolute Gasteiger partial charge is 0.327 e. The van der Waals surface area contributed by atoms with Crippen LogP contribution in [0.1, 0.15) is 25.6 Å². The molecule has 0 saturated heterocycles. The largest absolute Gasteiger partial charge is 0.480 e. The summed E-state index contributed by atoms with van der Waals surface area (Å²) in [6.07, 6.45) is 1.52. The van der Waals surface area contributed by atoms with Gasteiger partial charge >= 0.3 is 5.97 Å². The highest BCUT2D eigenvalue weighted by molar-refractivity contribution is 6.30. The lowest BCUT2D eigenvalue weighted by Crippen LogP contribution is -2.35. The SMILES string of the molecule is CCN(CC)C(C(=O)O)c1c(Cl)ncn1C. The van der Waals surface area contributed by atoms with E-state index in [0.717, 1.165) is 0 Å². The van der Waals surface area contributed by atoms with Crippen LogP contribution in [0, 0.1) is 0 Å². The first-order valence-electron chi connectivity index (χ1n) is 5.16. The van der Waals surface area contributed by atoms with Crippen molar-refractivity contribution in [3.63, 3.8) is 0 Å². The van der Waals surface area contributed by atoms with Crippen molar-refractivity contribution in [2.75, 3.05) is 13.1 Å². The van der Waals surface area contributed by atoms with Crippen LogP contribution in [0.3, 0.4) is 0 Å². The number of aliphatic carboxylic acids is 1. The maximum atomic E-state index is 11.3. The van der Waals surface area contributed by atoms with Gasteiger partial charge < -0.3 is 9.67 Å². The number of aromatic nitrogens is 2. The van der Waals surface area contributed by atoms with Crippen molar-refractivity contribution in [2.45, 2.75) is 19.9 Å². The van der Waals surface area contributed by atoms with Crippen LogP contribution in [0.2, 0.25) is 5.15 Å². The summed E-state index contributed by atoms with van der Waals surface area (Å²) >= 11 is 5.92. The Labute approximate surface area is 99.6 Å². The van der Waals surface area contributed by atoms with Gasteiger partial charge in [-0.25, -0.2) is 4.98 Å². The lowest BCUT2D eigenvalue weighted by molar-refractivity contribution is -0.143. The summed E-state index contributed by atoms with van der Waals surface area (Å²) in [5.41, 5.74) is 0.526. The van der Waals surface area contributed by atoms with E-state index in [9.17, 15) is 9.90 Å². The van der Waals surface area contributed by atoms with Gasteiger partial charge in [0, 0.05) is 7.05 Å². The first kappa shape index (κ1) is 13.0. The van der Waals surface area contributed by atoms with E-state index in [4.69, 9.17) is 11.6 Å². The van der Waals surface area contributed by atoms with Crippen LogP contribution in [0.25, 0.3) is 0 Å². The topological polar surface area (TPSA) is 58.4 Å². The monoisotopic (exact) mass is 245 g/mol. The van der Waals surface area contributed by atoms with E-state index < -0.39 is 12.0 Å². The second-order valence-electron chi connectivity index (χ2n) is 3.49. The molecule has 0 aliphatic rings. The highest BCUT2D eigenvalue weighted by atomic mass is 35.5. The summed E-state index contributed by atoms with van der Waals surface area (Å²) in [7, 11) is 1.74. The molecule has 1 aromatic rings. The fourth-order valence-electron chi connectivity index (χ4n) is 1.75. The standard InChI is InChI=1S/C10H16ClN3O2/c1-4-14(5-2)8(10(15)16)7-9(11)12-6-13(7)3/h6,8H,4-5H2,1-3H3,(H,15,16). The molecule has 1 N–H and O–H groups in total. The predicted octanol–water partition coefficient (Wildman–Crippen LogP) is 1.54. The van der Waals surface area contributed by atoms with Crippen LogP contribution in [-0.4, -0.2) is 38.6 Å². The highest BCUT2D eigenvalue weighted by Crippen LogP contribution is 2.26. The molecule has 1 rings (SSSR count). The maximum absolute atomic E-state index is 11.3. The number of carboxylic acids is 1. The zero-order valence-electron chi connectivity index (χ0n) is 9.64. The summed E-state index contributed by atoms with van der Waals surface area (Å²) in [5, 5.41) is 9.54. The van der Waals surface area contributed by atoms with Crippen molar-refractivity contribution in [2.24, 2.45) is 7.05 Å². The molecule has 0 amide bonds. The van der Waals surface area contributed by atoms with E-state index in [0.29, 0.717) is 18.8 Å². The molecule has 1 atom stereocenters. The maximum Gasteiger partial charge on any atom is 0.327 e. The van der Waals surface area contributed by atoms with E-state index in [1.54, 1.807) is 11.6 Å². The molecule has 5 nitrogen and oxygen atoms in total. The van der Waals surface area contributed by atoms with Crippen LogP contribution < -0.4 is 0 Å². The van der Waals surface area contributed by atoms with Gasteiger partial charge in [-0.2, -0.15) is 0 Å². The zero-order chi connectivity index (χ0) is 12.3. The van der Waals surface area contributed by atoms with Gasteiger partial charge in [-0.15, -0.1) is 0 Å². The Kier molecular flexibility index (Phi) is 4.32. The summed E-state index contributed by atoms with van der Waals surface area (Å²) in [5.74, 6) is -0.908. The molecule has 0 spiro atoms. The summed E-state index contributed by atoms with van der Waals surface area (Å²) < 4.78 is 1.65. The van der Waals surface area contributed by atoms with Gasteiger partial charge in [0.25, 0.3) is 0 Å². The van der Waals surface area contributed by atoms with Gasteiger partial charge in [0.15, 0.2) is 11.2 Å². The van der Waals surface area contributed by atoms with Crippen LogP contribution >= 0.6 is 11.6 Å². The molecule has 0 aliphatic heterocycles. The molecule has 0 fully saturated rings. The average molecular weight is 246 g/mol. The highest BCUT2D eigenvalue weighted by Gasteiger charge is 2.30. The summed E-state index contributed by atoms with van der Waals surface area (Å²) in [6, 6.07) is -0.741. The summed E-state index contributed by atoms with van der Waals surface area (Å²) in [6.45, 7) is 5.14. The Morgan fingerprint density at radius 3 is 2.50 bits per heavy atom.